The minimum Gasteiger partial charge on any atom is -0.496 e. The van der Waals surface area contributed by atoms with Crippen molar-refractivity contribution < 1.29 is 9.53 Å². The highest BCUT2D eigenvalue weighted by molar-refractivity contribution is 5.92. The van der Waals surface area contributed by atoms with Crippen molar-refractivity contribution in [3.05, 3.63) is 64.1 Å². The molecule has 1 fully saturated rings. The van der Waals surface area contributed by atoms with Crippen molar-refractivity contribution in [1.82, 2.24) is 14.8 Å². The number of hydrogen-bond acceptors (Lipinski definition) is 4. The Morgan fingerprint density at radius 3 is 2.71 bits per heavy atom. The normalized spacial score (nSPS) is 18.4. The van der Waals surface area contributed by atoms with E-state index in [9.17, 15) is 9.59 Å². The Balaban J connectivity index is 1.85. The Kier molecular flexibility index (Phi) is 4.66. The number of likely N-dealkylation sites (N-methyl/N-ethyl adjacent to an activating group) is 1. The highest BCUT2D eigenvalue weighted by atomic mass is 16.5. The second-order valence-electron chi connectivity index (χ2n) is 5.92. The first-order valence-corrected chi connectivity index (χ1v) is 7.92. The molecule has 3 rings (SSSR count). The number of hydrogen-bond donors (Lipinski definition) is 1. The van der Waals surface area contributed by atoms with Crippen LogP contribution in [0.5, 0.6) is 5.75 Å². The second kappa shape index (κ2) is 6.88. The molecule has 1 N–H and O–H groups in total. The number of amides is 1. The van der Waals surface area contributed by atoms with Gasteiger partial charge in [0.25, 0.3) is 5.91 Å². The minimum atomic E-state index is -0.267. The van der Waals surface area contributed by atoms with Crippen LogP contribution >= 0.6 is 0 Å². The molecule has 1 saturated heterocycles. The van der Waals surface area contributed by atoms with E-state index in [-0.39, 0.29) is 17.5 Å². The third-order valence-electron chi connectivity index (χ3n) is 4.43. The molecular weight excluding hydrogens is 306 g/mol. The lowest BCUT2D eigenvalue weighted by Crippen LogP contribution is -2.49. The van der Waals surface area contributed by atoms with Crippen LogP contribution in [-0.4, -0.2) is 54.5 Å². The van der Waals surface area contributed by atoms with E-state index in [4.69, 9.17) is 4.74 Å². The SMILES string of the molecule is COc1ccccc1[C@@H]1CN(C(=O)c2cccc(=O)[nH]2)CCN1C. The number of pyridine rings is 1. The van der Waals surface area contributed by atoms with Crippen LogP contribution in [0.3, 0.4) is 0 Å². The molecule has 0 saturated carbocycles. The molecule has 1 aromatic carbocycles. The van der Waals surface area contributed by atoms with Crippen LogP contribution in [0.15, 0.2) is 47.3 Å². The summed E-state index contributed by atoms with van der Waals surface area (Å²) in [5.41, 5.74) is 1.11. The average molecular weight is 327 g/mol. The van der Waals surface area contributed by atoms with Crippen LogP contribution < -0.4 is 10.3 Å². The van der Waals surface area contributed by atoms with Gasteiger partial charge in [0.15, 0.2) is 0 Å². The predicted molar refractivity (Wildman–Crippen MR) is 91.3 cm³/mol. The van der Waals surface area contributed by atoms with E-state index in [1.165, 1.54) is 6.07 Å². The van der Waals surface area contributed by atoms with Gasteiger partial charge in [-0.1, -0.05) is 24.3 Å². The summed E-state index contributed by atoms with van der Waals surface area (Å²) in [6.45, 7) is 1.93. The molecule has 1 aliphatic heterocycles. The number of para-hydroxylation sites is 1. The molecule has 1 aromatic heterocycles. The third-order valence-corrected chi connectivity index (χ3v) is 4.43. The summed E-state index contributed by atoms with van der Waals surface area (Å²) >= 11 is 0. The fourth-order valence-electron chi connectivity index (χ4n) is 3.08. The van der Waals surface area contributed by atoms with E-state index in [0.717, 1.165) is 17.9 Å². The maximum Gasteiger partial charge on any atom is 0.270 e. The van der Waals surface area contributed by atoms with Gasteiger partial charge >= 0.3 is 0 Å². The summed E-state index contributed by atoms with van der Waals surface area (Å²) in [6, 6.07) is 12.5. The molecule has 2 aromatic rings. The summed E-state index contributed by atoms with van der Waals surface area (Å²) in [6.07, 6.45) is 0. The zero-order chi connectivity index (χ0) is 17.1. The van der Waals surface area contributed by atoms with Gasteiger partial charge in [-0.3, -0.25) is 14.5 Å². The lowest BCUT2D eigenvalue weighted by atomic mass is 10.0. The van der Waals surface area contributed by atoms with Gasteiger partial charge in [-0.05, 0) is 19.2 Å². The van der Waals surface area contributed by atoms with Gasteiger partial charge in [0.05, 0.1) is 13.2 Å². The number of H-pyrrole nitrogens is 1. The number of aromatic nitrogens is 1. The van der Waals surface area contributed by atoms with Crippen LogP contribution in [0.25, 0.3) is 0 Å². The molecule has 6 heteroatoms. The number of rotatable bonds is 3. The van der Waals surface area contributed by atoms with Crippen molar-refractivity contribution in [3.63, 3.8) is 0 Å². The van der Waals surface area contributed by atoms with E-state index in [0.29, 0.717) is 18.8 Å². The zero-order valence-electron chi connectivity index (χ0n) is 13.9. The largest absolute Gasteiger partial charge is 0.496 e. The van der Waals surface area contributed by atoms with Gasteiger partial charge in [-0.25, -0.2) is 0 Å². The van der Waals surface area contributed by atoms with Gasteiger partial charge in [0.2, 0.25) is 5.56 Å². The van der Waals surface area contributed by atoms with Crippen molar-refractivity contribution >= 4 is 5.91 Å². The summed E-state index contributed by atoms with van der Waals surface area (Å²) in [5, 5.41) is 0. The smallest absolute Gasteiger partial charge is 0.270 e. The minimum absolute atomic E-state index is 0.0503. The molecular formula is C18H21N3O3. The fourth-order valence-corrected chi connectivity index (χ4v) is 3.08. The lowest BCUT2D eigenvalue weighted by Gasteiger charge is -2.40. The summed E-state index contributed by atoms with van der Waals surface area (Å²) < 4.78 is 5.47. The van der Waals surface area contributed by atoms with Crippen molar-refractivity contribution in [2.45, 2.75) is 6.04 Å². The van der Waals surface area contributed by atoms with E-state index < -0.39 is 0 Å². The average Bonchev–Trinajstić information content (AvgIpc) is 2.61. The van der Waals surface area contributed by atoms with E-state index >= 15 is 0 Å². The predicted octanol–water partition coefficient (Wildman–Crippen LogP) is 1.51. The Labute approximate surface area is 140 Å². The Hall–Kier alpha value is -2.60. The van der Waals surface area contributed by atoms with E-state index in [2.05, 4.69) is 9.88 Å². The van der Waals surface area contributed by atoms with Crippen molar-refractivity contribution in [1.29, 1.82) is 0 Å². The quantitative estimate of drug-likeness (QED) is 0.928. The molecule has 0 aliphatic carbocycles. The van der Waals surface area contributed by atoms with Crippen molar-refractivity contribution in [3.8, 4) is 5.75 Å². The number of carbonyl (C=O) groups is 1. The standard InChI is InChI=1S/C18H21N3O3/c1-20-10-11-21(18(23)14-7-5-9-17(22)19-14)12-15(20)13-6-3-4-8-16(13)24-2/h3-9,15H,10-12H2,1-2H3,(H,19,22)/t15-/m0/s1. The highest BCUT2D eigenvalue weighted by Gasteiger charge is 2.30. The monoisotopic (exact) mass is 327 g/mol. The first kappa shape index (κ1) is 16.3. The number of nitrogens with one attached hydrogen (secondary N) is 1. The molecule has 0 bridgehead atoms. The highest BCUT2D eigenvalue weighted by Crippen LogP contribution is 2.31. The fraction of sp³-hybridized carbons (Fsp3) is 0.333. The molecule has 2 heterocycles. The van der Waals surface area contributed by atoms with Gasteiger partial charge < -0.3 is 14.6 Å². The summed E-state index contributed by atoms with van der Waals surface area (Å²) in [7, 11) is 3.70. The van der Waals surface area contributed by atoms with Gasteiger partial charge in [0.1, 0.15) is 11.4 Å². The number of piperazine rings is 1. The van der Waals surface area contributed by atoms with Gasteiger partial charge in [-0.15, -0.1) is 0 Å². The van der Waals surface area contributed by atoms with Crippen LogP contribution in [0.2, 0.25) is 0 Å². The molecule has 24 heavy (non-hydrogen) atoms. The van der Waals surface area contributed by atoms with Crippen molar-refractivity contribution in [2.75, 3.05) is 33.8 Å². The number of ether oxygens (including phenoxy) is 1. The maximum absolute atomic E-state index is 12.7. The molecule has 6 nitrogen and oxygen atoms in total. The van der Waals surface area contributed by atoms with Gasteiger partial charge in [-0.2, -0.15) is 0 Å². The van der Waals surface area contributed by atoms with Crippen LogP contribution in [-0.2, 0) is 0 Å². The number of carbonyl (C=O) groups excluding carboxylic acids is 1. The molecule has 126 valence electrons. The zero-order valence-corrected chi connectivity index (χ0v) is 13.9. The van der Waals surface area contributed by atoms with Crippen LogP contribution in [0, 0.1) is 0 Å². The van der Waals surface area contributed by atoms with Crippen molar-refractivity contribution in [2.24, 2.45) is 0 Å². The third kappa shape index (κ3) is 3.19. The van der Waals surface area contributed by atoms with Crippen LogP contribution in [0.4, 0.5) is 0 Å². The maximum atomic E-state index is 12.7. The first-order valence-electron chi connectivity index (χ1n) is 7.92. The first-order chi connectivity index (χ1) is 11.6. The van der Waals surface area contributed by atoms with E-state index in [1.807, 2.05) is 31.3 Å². The van der Waals surface area contributed by atoms with E-state index in [1.54, 1.807) is 24.1 Å². The van der Waals surface area contributed by atoms with Crippen LogP contribution in [0.1, 0.15) is 22.1 Å². The Bertz CT molecular complexity index is 787. The molecule has 0 spiro atoms. The Morgan fingerprint density at radius 1 is 1.17 bits per heavy atom. The lowest BCUT2D eigenvalue weighted by molar-refractivity contribution is 0.0536. The summed E-state index contributed by atoms with van der Waals surface area (Å²) in [5.74, 6) is 0.664. The molecule has 0 unspecified atom stereocenters. The number of methoxy groups -OCH3 is 1. The Morgan fingerprint density at radius 2 is 1.96 bits per heavy atom. The summed E-state index contributed by atoms with van der Waals surface area (Å²) in [4.78, 5) is 30.7. The second-order valence-corrected chi connectivity index (χ2v) is 5.92. The number of benzene rings is 1. The molecule has 0 radical (unpaired) electrons. The number of aromatic amines is 1. The molecule has 1 amide bonds. The number of nitrogens with zero attached hydrogens (tertiary/aromatic N) is 2. The topological polar surface area (TPSA) is 65.6 Å². The van der Waals surface area contributed by atoms with Gasteiger partial charge in [0, 0.05) is 31.3 Å². The molecule has 1 aliphatic rings. The molecule has 1 atom stereocenters.